The molecule has 0 aliphatic carbocycles. The van der Waals surface area contributed by atoms with Crippen LogP contribution in [0.1, 0.15) is 22.3 Å². The maximum absolute atomic E-state index is 12.7. The lowest BCUT2D eigenvalue weighted by atomic mass is 10.1. The summed E-state index contributed by atoms with van der Waals surface area (Å²) in [5.41, 5.74) is 7.18. The zero-order valence-corrected chi connectivity index (χ0v) is 18.3. The van der Waals surface area contributed by atoms with E-state index in [4.69, 9.17) is 20.2 Å². The molecule has 1 aromatic heterocycles. The molecule has 3 heterocycles. The van der Waals surface area contributed by atoms with Gasteiger partial charge in [0.05, 0.1) is 25.8 Å². The van der Waals surface area contributed by atoms with E-state index in [-0.39, 0.29) is 11.5 Å². The Kier molecular flexibility index (Phi) is 6.17. The van der Waals surface area contributed by atoms with Crippen molar-refractivity contribution in [1.82, 2.24) is 25.1 Å². The predicted octanol–water partition coefficient (Wildman–Crippen LogP) is 0.891. The van der Waals surface area contributed by atoms with Crippen LogP contribution in [0.5, 0.6) is 11.5 Å². The summed E-state index contributed by atoms with van der Waals surface area (Å²) in [6.45, 7) is 2.67. The largest absolute Gasteiger partial charge is 0.491 e. The van der Waals surface area contributed by atoms with Crippen molar-refractivity contribution < 1.29 is 14.3 Å². The van der Waals surface area contributed by atoms with E-state index in [2.05, 4.69) is 25.2 Å². The van der Waals surface area contributed by atoms with Crippen LogP contribution in [-0.2, 0) is 0 Å². The number of nitrogen functional groups attached to an aromatic ring is 1. The Balaban J connectivity index is 1.63. The fraction of sp³-hybridized carbons (Fsp3) is 0.381. The zero-order chi connectivity index (χ0) is 22.7. The quantitative estimate of drug-likeness (QED) is 0.610. The number of hydrogen-bond donors (Lipinski definition) is 2. The van der Waals surface area contributed by atoms with Gasteiger partial charge < -0.3 is 20.1 Å². The second kappa shape index (κ2) is 9.18. The summed E-state index contributed by atoms with van der Waals surface area (Å²) in [4.78, 5) is 33.8. The Morgan fingerprint density at radius 3 is 2.78 bits per heavy atom. The van der Waals surface area contributed by atoms with Crippen LogP contribution < -0.4 is 20.5 Å². The number of carbonyl (C=O) groups is 1. The first-order valence-corrected chi connectivity index (χ1v) is 10.3. The third kappa shape index (κ3) is 4.33. The number of carbonyl (C=O) groups excluding carboxylic acids is 1. The van der Waals surface area contributed by atoms with E-state index in [1.54, 1.807) is 7.11 Å². The van der Waals surface area contributed by atoms with Crippen LogP contribution in [0.3, 0.4) is 0 Å². The number of methoxy groups -OCH3 is 1. The van der Waals surface area contributed by atoms with Crippen LogP contribution in [0.15, 0.2) is 34.5 Å². The highest BCUT2D eigenvalue weighted by atomic mass is 16.5. The number of anilines is 1. The van der Waals surface area contributed by atoms with Gasteiger partial charge in [0.25, 0.3) is 5.91 Å². The van der Waals surface area contributed by atoms with E-state index >= 15 is 0 Å². The molecule has 0 bridgehead atoms. The average molecular weight is 438 g/mol. The minimum Gasteiger partial charge on any atom is -0.491 e. The molecular weight excluding hydrogens is 412 g/mol. The van der Waals surface area contributed by atoms with Gasteiger partial charge in [0.2, 0.25) is 11.9 Å². The van der Waals surface area contributed by atoms with Crippen LogP contribution in [0.25, 0.3) is 0 Å². The number of aromatic nitrogens is 2. The first-order valence-electron chi connectivity index (χ1n) is 10.3. The molecule has 168 valence electrons. The second-order valence-electron chi connectivity index (χ2n) is 7.57. The average Bonchev–Trinajstić information content (AvgIpc) is 3.27. The Bertz CT molecular complexity index is 1070. The number of nitrogens with two attached hydrogens (primary N) is 1. The van der Waals surface area contributed by atoms with Crippen LogP contribution in [0.2, 0.25) is 0 Å². The maximum atomic E-state index is 12.7. The molecule has 0 spiro atoms. The van der Waals surface area contributed by atoms with Gasteiger partial charge in [-0.2, -0.15) is 0 Å². The lowest BCUT2D eigenvalue weighted by Gasteiger charge is -2.28. The molecule has 2 aliphatic rings. The van der Waals surface area contributed by atoms with Crippen molar-refractivity contribution in [3.05, 3.63) is 35.7 Å². The van der Waals surface area contributed by atoms with E-state index < -0.39 is 5.91 Å². The molecular formula is C21H26N8O3. The summed E-state index contributed by atoms with van der Waals surface area (Å²) in [5.74, 6) is 1.90. The smallest absolute Gasteiger partial charge is 0.261 e. The molecule has 11 nitrogen and oxygen atoms in total. The standard InChI is InChI=1S/C21H26N8O3/c1-28(2)8-4-10-32-15-6-5-14-16(17(15)31-3)26-21(29-9-7-23-18(14)29)27-19(30)13-11-24-20(22)25-12-13/h5-6,11-12H,4,7-10H2,1-3H3,(H2,22,24,25)(H,26,27,30). The number of hydrogen-bond acceptors (Lipinski definition) is 10. The number of aliphatic imine (C=N–C) groups is 2. The summed E-state index contributed by atoms with van der Waals surface area (Å²) in [6, 6.07) is 3.79. The van der Waals surface area contributed by atoms with Crippen molar-refractivity contribution in [1.29, 1.82) is 0 Å². The molecule has 1 amide bonds. The third-order valence-electron chi connectivity index (χ3n) is 5.02. The summed E-state index contributed by atoms with van der Waals surface area (Å²) < 4.78 is 11.6. The van der Waals surface area contributed by atoms with Crippen molar-refractivity contribution in [3.63, 3.8) is 0 Å². The molecule has 0 unspecified atom stereocenters. The van der Waals surface area contributed by atoms with E-state index in [1.165, 1.54) is 12.4 Å². The van der Waals surface area contributed by atoms with E-state index in [0.717, 1.165) is 24.4 Å². The van der Waals surface area contributed by atoms with Gasteiger partial charge >= 0.3 is 0 Å². The van der Waals surface area contributed by atoms with Gasteiger partial charge in [0.15, 0.2) is 11.5 Å². The SMILES string of the molecule is COc1c(OCCCN(C)C)ccc2c1N=C(NC(=O)c1cnc(N)nc1)N1CCN=C21. The number of rotatable bonds is 7. The Morgan fingerprint density at radius 2 is 2.06 bits per heavy atom. The topological polar surface area (TPSA) is 131 Å². The molecule has 0 atom stereocenters. The van der Waals surface area contributed by atoms with Crippen molar-refractivity contribution in [3.8, 4) is 11.5 Å². The van der Waals surface area contributed by atoms with Crippen LogP contribution in [0.4, 0.5) is 11.6 Å². The summed E-state index contributed by atoms with van der Waals surface area (Å²) in [6.07, 6.45) is 3.62. The first-order chi connectivity index (χ1) is 15.5. The normalized spacial score (nSPS) is 14.4. The Hall–Kier alpha value is -3.73. The van der Waals surface area contributed by atoms with Crippen molar-refractivity contribution in [2.45, 2.75) is 6.42 Å². The molecule has 4 rings (SSSR count). The fourth-order valence-electron chi connectivity index (χ4n) is 3.49. The highest BCUT2D eigenvalue weighted by Gasteiger charge is 2.33. The van der Waals surface area contributed by atoms with Gasteiger partial charge in [-0.3, -0.25) is 20.0 Å². The highest BCUT2D eigenvalue weighted by Crippen LogP contribution is 2.43. The van der Waals surface area contributed by atoms with Crippen molar-refractivity contribution >= 4 is 29.3 Å². The number of nitrogens with one attached hydrogen (secondary N) is 1. The number of amides is 1. The Labute approximate surface area is 186 Å². The van der Waals surface area contributed by atoms with Gasteiger partial charge in [-0.15, -0.1) is 0 Å². The molecule has 3 N–H and O–H groups in total. The molecule has 1 aromatic carbocycles. The molecule has 2 aliphatic heterocycles. The molecule has 0 saturated heterocycles. The number of benzene rings is 1. The summed E-state index contributed by atoms with van der Waals surface area (Å²) in [5, 5.41) is 2.84. The number of ether oxygens (including phenoxy) is 2. The lowest BCUT2D eigenvalue weighted by molar-refractivity contribution is 0.0973. The van der Waals surface area contributed by atoms with Crippen LogP contribution >= 0.6 is 0 Å². The van der Waals surface area contributed by atoms with Gasteiger partial charge in [-0.1, -0.05) is 0 Å². The minimum atomic E-state index is -0.395. The van der Waals surface area contributed by atoms with Crippen molar-refractivity contribution in [2.75, 3.05) is 53.2 Å². The minimum absolute atomic E-state index is 0.0993. The lowest BCUT2D eigenvalue weighted by Crippen LogP contribution is -2.47. The Morgan fingerprint density at radius 1 is 1.28 bits per heavy atom. The molecule has 0 fully saturated rings. The molecule has 2 aromatic rings. The van der Waals surface area contributed by atoms with E-state index in [0.29, 0.717) is 42.8 Å². The molecule has 0 radical (unpaired) electrons. The zero-order valence-electron chi connectivity index (χ0n) is 18.3. The summed E-state index contributed by atoms with van der Waals surface area (Å²) >= 11 is 0. The van der Waals surface area contributed by atoms with Crippen molar-refractivity contribution in [2.24, 2.45) is 9.98 Å². The molecule has 32 heavy (non-hydrogen) atoms. The van der Waals surface area contributed by atoms with Gasteiger partial charge in [0, 0.05) is 31.0 Å². The summed E-state index contributed by atoms with van der Waals surface area (Å²) in [7, 11) is 5.62. The monoisotopic (exact) mass is 438 g/mol. The predicted molar refractivity (Wildman–Crippen MR) is 121 cm³/mol. The number of nitrogens with zero attached hydrogens (tertiary/aromatic N) is 6. The van der Waals surface area contributed by atoms with E-state index in [1.807, 2.05) is 31.1 Å². The van der Waals surface area contributed by atoms with Gasteiger partial charge in [-0.05, 0) is 32.6 Å². The molecule has 0 saturated carbocycles. The first kappa shape index (κ1) is 21.5. The van der Waals surface area contributed by atoms with Gasteiger partial charge in [-0.25, -0.2) is 15.0 Å². The maximum Gasteiger partial charge on any atom is 0.261 e. The number of amidine groups is 1. The highest BCUT2D eigenvalue weighted by molar-refractivity contribution is 6.20. The van der Waals surface area contributed by atoms with Crippen LogP contribution in [0, 0.1) is 0 Å². The molecule has 11 heteroatoms. The number of guanidine groups is 1. The second-order valence-corrected chi connectivity index (χ2v) is 7.57. The van der Waals surface area contributed by atoms with Crippen LogP contribution in [-0.4, -0.2) is 84.9 Å². The number of fused-ring (bicyclic) bond motifs is 3. The third-order valence-corrected chi connectivity index (χ3v) is 5.02. The van der Waals surface area contributed by atoms with E-state index in [9.17, 15) is 4.79 Å². The van der Waals surface area contributed by atoms with Gasteiger partial charge in [0.1, 0.15) is 11.5 Å². The fourth-order valence-corrected chi connectivity index (χ4v) is 3.49.